The van der Waals surface area contributed by atoms with Gasteiger partial charge in [-0.15, -0.1) is 0 Å². The molecule has 1 aliphatic carbocycles. The van der Waals surface area contributed by atoms with E-state index in [0.29, 0.717) is 5.92 Å². The summed E-state index contributed by atoms with van der Waals surface area (Å²) >= 11 is 0. The van der Waals surface area contributed by atoms with Crippen LogP contribution in [0.1, 0.15) is 111 Å². The molecule has 0 bridgehead atoms. The molecule has 2 heteroatoms. The zero-order valence-electron chi connectivity index (χ0n) is 16.2. The Kier molecular flexibility index (Phi) is 12.1. The maximum absolute atomic E-state index is 6.39. The average molecular weight is 327 g/mol. The van der Waals surface area contributed by atoms with Gasteiger partial charge in [-0.3, -0.25) is 0 Å². The molecule has 0 spiro atoms. The fourth-order valence-corrected chi connectivity index (χ4v) is 3.87. The Morgan fingerprint density at radius 1 is 0.696 bits per heavy atom. The second kappa shape index (κ2) is 13.2. The minimum atomic E-state index is -0.272. The first-order valence-electron chi connectivity index (χ1n) is 10.6. The molecule has 2 nitrogen and oxygen atoms in total. The summed E-state index contributed by atoms with van der Waals surface area (Å²) in [5.41, 5.74) is 0. The van der Waals surface area contributed by atoms with Gasteiger partial charge in [-0.2, -0.15) is 0 Å². The molecule has 0 saturated heterocycles. The van der Waals surface area contributed by atoms with Crippen molar-refractivity contribution in [1.29, 1.82) is 0 Å². The van der Waals surface area contributed by atoms with Crippen molar-refractivity contribution in [2.45, 2.75) is 116 Å². The van der Waals surface area contributed by atoms with Gasteiger partial charge in [0.1, 0.15) is 0 Å². The van der Waals surface area contributed by atoms with E-state index in [1.54, 1.807) is 0 Å². The quantitative estimate of drug-likeness (QED) is 0.241. The second-order valence-corrected chi connectivity index (χ2v) is 7.36. The van der Waals surface area contributed by atoms with Crippen molar-refractivity contribution >= 4 is 0 Å². The summed E-state index contributed by atoms with van der Waals surface area (Å²) in [5, 5.41) is 0. The smallest absolute Gasteiger partial charge is 0.171 e. The van der Waals surface area contributed by atoms with Gasteiger partial charge in [0, 0.05) is 25.6 Å². The monoisotopic (exact) mass is 326 g/mol. The standard InChI is InChI=1S/C21H42O2/c1-4-7-8-9-10-11-14-17-21(22-18-5-2,23-19-6-3)20-15-12-13-16-20/h20H,4-19H2,1-3H3. The topological polar surface area (TPSA) is 18.5 Å². The highest BCUT2D eigenvalue weighted by atomic mass is 16.7. The Labute approximate surface area is 145 Å². The summed E-state index contributed by atoms with van der Waals surface area (Å²) in [4.78, 5) is 0. The van der Waals surface area contributed by atoms with Gasteiger partial charge in [0.05, 0.1) is 0 Å². The van der Waals surface area contributed by atoms with Crippen LogP contribution in [0.3, 0.4) is 0 Å². The summed E-state index contributed by atoms with van der Waals surface area (Å²) in [6.07, 6.45) is 18.1. The van der Waals surface area contributed by atoms with Crippen LogP contribution < -0.4 is 0 Å². The zero-order valence-corrected chi connectivity index (χ0v) is 16.2. The summed E-state index contributed by atoms with van der Waals surface area (Å²) in [7, 11) is 0. The van der Waals surface area contributed by atoms with Crippen molar-refractivity contribution in [3.8, 4) is 0 Å². The fraction of sp³-hybridized carbons (Fsp3) is 1.00. The van der Waals surface area contributed by atoms with E-state index >= 15 is 0 Å². The van der Waals surface area contributed by atoms with Crippen molar-refractivity contribution in [3.63, 3.8) is 0 Å². The lowest BCUT2D eigenvalue weighted by Crippen LogP contribution is -2.43. The highest BCUT2D eigenvalue weighted by Gasteiger charge is 2.41. The van der Waals surface area contributed by atoms with E-state index in [9.17, 15) is 0 Å². The zero-order chi connectivity index (χ0) is 16.8. The van der Waals surface area contributed by atoms with E-state index in [-0.39, 0.29) is 5.79 Å². The van der Waals surface area contributed by atoms with Crippen molar-refractivity contribution in [2.75, 3.05) is 13.2 Å². The van der Waals surface area contributed by atoms with Crippen molar-refractivity contribution in [3.05, 3.63) is 0 Å². The lowest BCUT2D eigenvalue weighted by molar-refractivity contribution is -0.271. The number of ether oxygens (including phenoxy) is 2. The van der Waals surface area contributed by atoms with Gasteiger partial charge in [-0.25, -0.2) is 0 Å². The van der Waals surface area contributed by atoms with Gasteiger partial charge < -0.3 is 9.47 Å². The molecular formula is C21H42O2. The molecule has 0 heterocycles. The molecule has 0 amide bonds. The second-order valence-electron chi connectivity index (χ2n) is 7.36. The number of hydrogen-bond acceptors (Lipinski definition) is 2. The predicted molar refractivity (Wildman–Crippen MR) is 99.8 cm³/mol. The minimum absolute atomic E-state index is 0.272. The maximum Gasteiger partial charge on any atom is 0.171 e. The molecule has 0 aliphatic heterocycles. The van der Waals surface area contributed by atoms with Crippen LogP contribution in [0.4, 0.5) is 0 Å². The van der Waals surface area contributed by atoms with Gasteiger partial charge in [0.2, 0.25) is 0 Å². The largest absolute Gasteiger partial charge is 0.350 e. The Morgan fingerprint density at radius 2 is 1.22 bits per heavy atom. The van der Waals surface area contributed by atoms with E-state index < -0.39 is 0 Å². The van der Waals surface area contributed by atoms with Crippen LogP contribution >= 0.6 is 0 Å². The number of hydrogen-bond donors (Lipinski definition) is 0. The highest BCUT2D eigenvalue weighted by molar-refractivity contribution is 4.84. The third-order valence-electron chi connectivity index (χ3n) is 5.21. The van der Waals surface area contributed by atoms with Gasteiger partial charge >= 0.3 is 0 Å². The first kappa shape index (κ1) is 21.0. The molecule has 23 heavy (non-hydrogen) atoms. The molecule has 0 aromatic carbocycles. The Hall–Kier alpha value is -0.0800. The summed E-state index contributed by atoms with van der Waals surface area (Å²) in [6.45, 7) is 8.37. The lowest BCUT2D eigenvalue weighted by Gasteiger charge is -2.39. The lowest BCUT2D eigenvalue weighted by atomic mass is 9.91. The van der Waals surface area contributed by atoms with Crippen LogP contribution in [0, 0.1) is 5.92 Å². The molecule has 0 radical (unpaired) electrons. The molecule has 1 fully saturated rings. The van der Waals surface area contributed by atoms with E-state index in [2.05, 4.69) is 20.8 Å². The summed E-state index contributed by atoms with van der Waals surface area (Å²) < 4.78 is 12.8. The van der Waals surface area contributed by atoms with E-state index in [0.717, 1.165) is 32.5 Å². The van der Waals surface area contributed by atoms with Crippen LogP contribution in [-0.2, 0) is 9.47 Å². The first-order chi connectivity index (χ1) is 11.3. The maximum atomic E-state index is 6.39. The van der Waals surface area contributed by atoms with Crippen molar-refractivity contribution in [1.82, 2.24) is 0 Å². The fourth-order valence-electron chi connectivity index (χ4n) is 3.87. The Balaban J connectivity index is 2.46. The molecule has 0 unspecified atom stereocenters. The number of rotatable bonds is 15. The van der Waals surface area contributed by atoms with E-state index in [4.69, 9.17) is 9.47 Å². The van der Waals surface area contributed by atoms with Gasteiger partial charge in [-0.1, -0.05) is 72.1 Å². The minimum Gasteiger partial charge on any atom is -0.350 e. The van der Waals surface area contributed by atoms with Crippen LogP contribution in [0.25, 0.3) is 0 Å². The van der Waals surface area contributed by atoms with Crippen LogP contribution in [0.2, 0.25) is 0 Å². The highest BCUT2D eigenvalue weighted by Crippen LogP contribution is 2.41. The summed E-state index contributed by atoms with van der Waals surface area (Å²) in [5.74, 6) is 0.354. The third-order valence-corrected chi connectivity index (χ3v) is 5.21. The molecule has 0 atom stereocenters. The van der Waals surface area contributed by atoms with Crippen LogP contribution in [-0.4, -0.2) is 19.0 Å². The summed E-state index contributed by atoms with van der Waals surface area (Å²) in [6, 6.07) is 0. The molecule has 0 aromatic rings. The molecule has 138 valence electrons. The molecule has 0 aromatic heterocycles. The number of unbranched alkanes of at least 4 members (excludes halogenated alkanes) is 6. The first-order valence-corrected chi connectivity index (χ1v) is 10.6. The van der Waals surface area contributed by atoms with Gasteiger partial charge in [0.25, 0.3) is 0 Å². The van der Waals surface area contributed by atoms with Crippen LogP contribution in [0.15, 0.2) is 0 Å². The molecular weight excluding hydrogens is 284 g/mol. The normalized spacial score (nSPS) is 16.3. The molecule has 1 aliphatic rings. The van der Waals surface area contributed by atoms with Crippen LogP contribution in [0.5, 0.6) is 0 Å². The van der Waals surface area contributed by atoms with Crippen molar-refractivity contribution in [2.24, 2.45) is 5.92 Å². The van der Waals surface area contributed by atoms with E-state index in [1.165, 1.54) is 70.6 Å². The predicted octanol–water partition coefficient (Wildman–Crippen LogP) is 6.87. The van der Waals surface area contributed by atoms with Gasteiger partial charge in [0.15, 0.2) is 5.79 Å². The molecule has 1 rings (SSSR count). The molecule has 0 N–H and O–H groups in total. The van der Waals surface area contributed by atoms with Gasteiger partial charge in [-0.05, 0) is 32.1 Å². The average Bonchev–Trinajstić information content (AvgIpc) is 3.11. The van der Waals surface area contributed by atoms with Crippen molar-refractivity contribution < 1.29 is 9.47 Å². The Bertz CT molecular complexity index is 251. The SMILES string of the molecule is CCCCCCCCCC(OCCC)(OCCC)C1CCCC1. The third kappa shape index (κ3) is 8.03. The Morgan fingerprint density at radius 3 is 1.74 bits per heavy atom. The molecule has 1 saturated carbocycles. The van der Waals surface area contributed by atoms with E-state index in [1.807, 2.05) is 0 Å².